The molecule has 0 amide bonds. The summed E-state index contributed by atoms with van der Waals surface area (Å²) in [6.45, 7) is 7.07. The average molecular weight is 196 g/mol. The van der Waals surface area contributed by atoms with Crippen molar-refractivity contribution in [3.8, 4) is 0 Å². The van der Waals surface area contributed by atoms with Gasteiger partial charge in [0.05, 0.1) is 0 Å². The summed E-state index contributed by atoms with van der Waals surface area (Å²) in [5.74, 6) is 0. The number of hydrogen-bond acceptors (Lipinski definition) is 2. The molecule has 1 saturated carbocycles. The molecule has 14 heavy (non-hydrogen) atoms. The summed E-state index contributed by atoms with van der Waals surface area (Å²) in [6.07, 6.45) is 6.99. The highest BCUT2D eigenvalue weighted by atomic mass is 15.0. The lowest BCUT2D eigenvalue weighted by Crippen LogP contribution is -2.38. The van der Waals surface area contributed by atoms with Crippen LogP contribution in [0.15, 0.2) is 0 Å². The van der Waals surface area contributed by atoms with Gasteiger partial charge in [0, 0.05) is 25.2 Å². The van der Waals surface area contributed by atoms with Crippen molar-refractivity contribution in [3.05, 3.63) is 0 Å². The zero-order valence-electron chi connectivity index (χ0n) is 9.60. The Balaban J connectivity index is 1.66. The summed E-state index contributed by atoms with van der Waals surface area (Å²) in [7, 11) is 0. The van der Waals surface area contributed by atoms with Crippen molar-refractivity contribution in [3.63, 3.8) is 0 Å². The van der Waals surface area contributed by atoms with E-state index in [1.807, 2.05) is 0 Å². The molecule has 1 aliphatic carbocycles. The third kappa shape index (κ3) is 2.71. The minimum Gasteiger partial charge on any atom is -0.312 e. The largest absolute Gasteiger partial charge is 0.312 e. The first-order valence-electron chi connectivity index (χ1n) is 6.12. The summed E-state index contributed by atoms with van der Waals surface area (Å²) < 4.78 is 0. The van der Waals surface area contributed by atoms with E-state index in [9.17, 15) is 0 Å². The van der Waals surface area contributed by atoms with E-state index in [1.165, 1.54) is 45.2 Å². The minimum atomic E-state index is 0.516. The summed E-state index contributed by atoms with van der Waals surface area (Å²) in [5.41, 5.74) is 0.516. The van der Waals surface area contributed by atoms with E-state index in [0.29, 0.717) is 11.5 Å². The van der Waals surface area contributed by atoms with Crippen LogP contribution in [0.1, 0.15) is 46.0 Å². The summed E-state index contributed by atoms with van der Waals surface area (Å²) in [4.78, 5) is 0. The van der Waals surface area contributed by atoms with Gasteiger partial charge in [0.15, 0.2) is 0 Å². The van der Waals surface area contributed by atoms with Crippen molar-refractivity contribution in [2.24, 2.45) is 5.41 Å². The van der Waals surface area contributed by atoms with Crippen LogP contribution in [0.25, 0.3) is 0 Å². The van der Waals surface area contributed by atoms with E-state index in [4.69, 9.17) is 0 Å². The molecule has 2 aliphatic rings. The maximum atomic E-state index is 3.70. The molecule has 0 spiro atoms. The fraction of sp³-hybridized carbons (Fsp3) is 1.00. The molecule has 1 aliphatic heterocycles. The van der Waals surface area contributed by atoms with Crippen molar-refractivity contribution in [2.75, 3.05) is 13.1 Å². The molecule has 0 bridgehead atoms. The molecule has 1 saturated heterocycles. The fourth-order valence-corrected chi connectivity index (χ4v) is 2.82. The maximum absolute atomic E-state index is 3.70. The molecule has 1 unspecified atom stereocenters. The van der Waals surface area contributed by atoms with Crippen molar-refractivity contribution in [1.29, 1.82) is 0 Å². The molecule has 2 N–H and O–H groups in total. The van der Waals surface area contributed by atoms with Crippen LogP contribution < -0.4 is 10.6 Å². The number of nitrogens with one attached hydrogen (secondary N) is 2. The Labute approximate surface area is 87.8 Å². The van der Waals surface area contributed by atoms with E-state index < -0.39 is 0 Å². The number of rotatable bonds is 3. The quantitative estimate of drug-likeness (QED) is 0.720. The van der Waals surface area contributed by atoms with E-state index in [1.54, 1.807) is 0 Å². The van der Waals surface area contributed by atoms with Crippen LogP contribution in [0, 0.1) is 5.41 Å². The molecule has 0 aromatic carbocycles. The van der Waals surface area contributed by atoms with Crippen LogP contribution in [0.2, 0.25) is 0 Å². The van der Waals surface area contributed by atoms with E-state index in [0.717, 1.165) is 6.04 Å². The van der Waals surface area contributed by atoms with Gasteiger partial charge >= 0.3 is 0 Å². The van der Waals surface area contributed by atoms with E-state index in [2.05, 4.69) is 24.5 Å². The zero-order chi connectivity index (χ0) is 10.0. The lowest BCUT2D eigenvalue weighted by Gasteiger charge is -2.18. The molecule has 0 aromatic heterocycles. The number of hydrogen-bond donors (Lipinski definition) is 2. The topological polar surface area (TPSA) is 24.1 Å². The molecule has 1 atom stereocenters. The first-order valence-corrected chi connectivity index (χ1v) is 6.12. The van der Waals surface area contributed by atoms with Crippen molar-refractivity contribution in [2.45, 2.75) is 58.0 Å². The molecule has 2 nitrogen and oxygen atoms in total. The second kappa shape index (κ2) is 4.19. The molecule has 2 rings (SSSR count). The standard InChI is InChI=1S/C12H24N2/c1-12(2)7-11(14-9-12)8-13-10-5-3-4-6-10/h10-11,13-14H,3-9H2,1-2H3. The highest BCUT2D eigenvalue weighted by molar-refractivity contribution is 4.89. The zero-order valence-corrected chi connectivity index (χ0v) is 9.60. The second-order valence-corrected chi connectivity index (χ2v) is 5.84. The molecule has 2 heteroatoms. The first-order chi connectivity index (χ1) is 6.66. The lowest BCUT2D eigenvalue weighted by atomic mass is 9.90. The van der Waals surface area contributed by atoms with Crippen LogP contribution in [-0.4, -0.2) is 25.2 Å². The summed E-state index contributed by atoms with van der Waals surface area (Å²) in [5, 5.41) is 7.31. The average Bonchev–Trinajstić information content (AvgIpc) is 2.70. The molecule has 0 radical (unpaired) electrons. The third-order valence-corrected chi connectivity index (χ3v) is 3.68. The predicted molar refractivity (Wildman–Crippen MR) is 60.4 cm³/mol. The predicted octanol–water partition coefficient (Wildman–Crippen LogP) is 1.91. The van der Waals surface area contributed by atoms with Gasteiger partial charge < -0.3 is 10.6 Å². The maximum Gasteiger partial charge on any atom is 0.0198 e. The Bertz CT molecular complexity index is 183. The fourth-order valence-electron chi connectivity index (χ4n) is 2.82. The highest BCUT2D eigenvalue weighted by Gasteiger charge is 2.30. The van der Waals surface area contributed by atoms with Gasteiger partial charge in [-0.15, -0.1) is 0 Å². The SMILES string of the molecule is CC1(C)CNC(CNC2CCCC2)C1. The van der Waals surface area contributed by atoms with Crippen LogP contribution in [-0.2, 0) is 0 Å². The van der Waals surface area contributed by atoms with Crippen molar-refractivity contribution in [1.82, 2.24) is 10.6 Å². The second-order valence-electron chi connectivity index (χ2n) is 5.84. The molecule has 2 fully saturated rings. The van der Waals surface area contributed by atoms with Gasteiger partial charge in [-0.2, -0.15) is 0 Å². The Morgan fingerprint density at radius 1 is 1.29 bits per heavy atom. The van der Waals surface area contributed by atoms with Crippen LogP contribution in [0.3, 0.4) is 0 Å². The van der Waals surface area contributed by atoms with Crippen LogP contribution in [0.4, 0.5) is 0 Å². The van der Waals surface area contributed by atoms with Crippen LogP contribution in [0.5, 0.6) is 0 Å². The first kappa shape index (κ1) is 10.4. The summed E-state index contributed by atoms with van der Waals surface area (Å²) in [6, 6.07) is 1.53. The molecular weight excluding hydrogens is 172 g/mol. The van der Waals surface area contributed by atoms with E-state index >= 15 is 0 Å². The van der Waals surface area contributed by atoms with Gasteiger partial charge in [-0.05, 0) is 24.7 Å². The minimum absolute atomic E-state index is 0.516. The Morgan fingerprint density at radius 3 is 2.57 bits per heavy atom. The molecule has 82 valence electrons. The van der Waals surface area contributed by atoms with Crippen molar-refractivity contribution >= 4 is 0 Å². The Morgan fingerprint density at radius 2 is 2.00 bits per heavy atom. The van der Waals surface area contributed by atoms with Gasteiger partial charge in [0.1, 0.15) is 0 Å². The van der Waals surface area contributed by atoms with Gasteiger partial charge in [0.25, 0.3) is 0 Å². The third-order valence-electron chi connectivity index (χ3n) is 3.68. The monoisotopic (exact) mass is 196 g/mol. The molecule has 0 aromatic rings. The normalized spacial score (nSPS) is 32.6. The molecular formula is C12H24N2. The van der Waals surface area contributed by atoms with Gasteiger partial charge in [-0.25, -0.2) is 0 Å². The van der Waals surface area contributed by atoms with Gasteiger partial charge in [-0.1, -0.05) is 26.7 Å². The van der Waals surface area contributed by atoms with Gasteiger partial charge in [0.2, 0.25) is 0 Å². The van der Waals surface area contributed by atoms with Gasteiger partial charge in [-0.3, -0.25) is 0 Å². The summed E-state index contributed by atoms with van der Waals surface area (Å²) >= 11 is 0. The smallest absolute Gasteiger partial charge is 0.0198 e. The lowest BCUT2D eigenvalue weighted by molar-refractivity contribution is 0.391. The van der Waals surface area contributed by atoms with Crippen LogP contribution >= 0.6 is 0 Å². The Kier molecular flexibility index (Phi) is 3.13. The van der Waals surface area contributed by atoms with E-state index in [-0.39, 0.29) is 0 Å². The Hall–Kier alpha value is -0.0800. The van der Waals surface area contributed by atoms with Crippen molar-refractivity contribution < 1.29 is 0 Å². The highest BCUT2D eigenvalue weighted by Crippen LogP contribution is 2.27. The molecule has 1 heterocycles.